The van der Waals surface area contributed by atoms with Gasteiger partial charge in [0.05, 0.1) is 16.2 Å². The zero-order valence-corrected chi connectivity index (χ0v) is 18.6. The molecule has 0 bridgehead atoms. The molecule has 1 aromatic heterocycles. The summed E-state index contributed by atoms with van der Waals surface area (Å²) in [6, 6.07) is 5.23. The molecule has 2 rings (SSSR count). The highest BCUT2D eigenvalue weighted by Gasteiger charge is 2.30. The van der Waals surface area contributed by atoms with Crippen molar-refractivity contribution in [1.29, 1.82) is 0 Å². The number of aromatic nitrogens is 2. The number of nitrogens with zero attached hydrogens (tertiary/aromatic N) is 4. The molecular weight excluding hydrogens is 407 g/mol. The minimum absolute atomic E-state index is 0.0548. The van der Waals surface area contributed by atoms with E-state index in [2.05, 4.69) is 18.9 Å². The fourth-order valence-electron chi connectivity index (χ4n) is 2.95. The predicted octanol–water partition coefficient (Wildman–Crippen LogP) is 3.50. The first kappa shape index (κ1) is 22.2. The van der Waals surface area contributed by atoms with Crippen LogP contribution in [0, 0.1) is 5.92 Å². The Labute approximate surface area is 171 Å². The third-order valence-corrected chi connectivity index (χ3v) is 6.99. The van der Waals surface area contributed by atoms with E-state index in [1.165, 1.54) is 21.4 Å². The molecule has 0 fully saturated rings. The van der Waals surface area contributed by atoms with Gasteiger partial charge in [-0.3, -0.25) is 4.68 Å². The second-order valence-electron chi connectivity index (χ2n) is 7.17. The normalized spacial score (nSPS) is 13.7. The first-order valence-electron chi connectivity index (χ1n) is 8.61. The van der Waals surface area contributed by atoms with Gasteiger partial charge >= 0.3 is 0 Å². The van der Waals surface area contributed by atoms with Gasteiger partial charge < -0.3 is 4.90 Å². The minimum Gasteiger partial charge on any atom is -0.305 e. The largest absolute Gasteiger partial charge is 0.305 e. The van der Waals surface area contributed by atoms with E-state index in [4.69, 9.17) is 23.2 Å². The van der Waals surface area contributed by atoms with E-state index in [1.807, 2.05) is 19.0 Å². The van der Waals surface area contributed by atoms with Crippen molar-refractivity contribution >= 4 is 33.2 Å². The van der Waals surface area contributed by atoms with E-state index in [9.17, 15) is 8.42 Å². The quantitative estimate of drug-likeness (QED) is 0.640. The second kappa shape index (κ2) is 8.92. The molecule has 0 saturated heterocycles. The molecule has 1 atom stereocenters. The van der Waals surface area contributed by atoms with Crippen molar-refractivity contribution in [3.8, 4) is 0 Å². The summed E-state index contributed by atoms with van der Waals surface area (Å²) in [5, 5.41) is 4.85. The Morgan fingerprint density at radius 1 is 1.19 bits per heavy atom. The van der Waals surface area contributed by atoms with Crippen LogP contribution in [0.5, 0.6) is 0 Å². The van der Waals surface area contributed by atoms with E-state index < -0.39 is 10.0 Å². The van der Waals surface area contributed by atoms with Crippen LogP contribution in [0.3, 0.4) is 0 Å². The molecule has 2 aromatic rings. The molecule has 1 aromatic carbocycles. The molecule has 9 heteroatoms. The average Bonchev–Trinajstić information content (AvgIpc) is 3.01. The van der Waals surface area contributed by atoms with Gasteiger partial charge in [0.15, 0.2) is 0 Å². The predicted molar refractivity (Wildman–Crippen MR) is 110 cm³/mol. The smallest absolute Gasteiger partial charge is 0.246 e. The highest BCUT2D eigenvalue weighted by molar-refractivity contribution is 7.89. The van der Waals surface area contributed by atoms with Crippen LogP contribution in [0.15, 0.2) is 35.5 Å². The molecule has 0 aliphatic rings. The van der Waals surface area contributed by atoms with E-state index in [0.717, 1.165) is 5.56 Å². The lowest BCUT2D eigenvalue weighted by Crippen LogP contribution is -2.45. The summed E-state index contributed by atoms with van der Waals surface area (Å²) in [6.45, 7) is 4.71. The molecule has 0 spiro atoms. The van der Waals surface area contributed by atoms with Gasteiger partial charge in [-0.05, 0) is 37.7 Å². The van der Waals surface area contributed by atoms with Gasteiger partial charge in [-0.2, -0.15) is 9.40 Å². The first-order valence-corrected chi connectivity index (χ1v) is 10.8. The van der Waals surface area contributed by atoms with Crippen LogP contribution in [0.4, 0.5) is 0 Å². The Morgan fingerprint density at radius 3 is 2.33 bits per heavy atom. The van der Waals surface area contributed by atoms with Gasteiger partial charge in [-0.15, -0.1) is 0 Å². The van der Waals surface area contributed by atoms with Crippen molar-refractivity contribution < 1.29 is 8.42 Å². The fraction of sp³-hybridized carbons (Fsp3) is 0.500. The molecule has 0 amide bonds. The molecule has 0 aliphatic heterocycles. The van der Waals surface area contributed by atoms with Crippen LogP contribution in [0.1, 0.15) is 19.4 Å². The molecule has 0 saturated carbocycles. The summed E-state index contributed by atoms with van der Waals surface area (Å²) in [7, 11) is 1.89. The summed E-state index contributed by atoms with van der Waals surface area (Å²) < 4.78 is 29.5. The van der Waals surface area contributed by atoms with Gasteiger partial charge in [0, 0.05) is 32.4 Å². The summed E-state index contributed by atoms with van der Waals surface area (Å²) in [5.74, 6) is 0.278. The lowest BCUT2D eigenvalue weighted by molar-refractivity contribution is 0.190. The monoisotopic (exact) mass is 432 g/mol. The third kappa shape index (κ3) is 5.45. The molecule has 1 heterocycles. The number of sulfonamides is 1. The van der Waals surface area contributed by atoms with Crippen LogP contribution in [-0.2, 0) is 23.6 Å². The van der Waals surface area contributed by atoms with Crippen molar-refractivity contribution in [1.82, 2.24) is 19.0 Å². The van der Waals surface area contributed by atoms with Crippen molar-refractivity contribution in [3.63, 3.8) is 0 Å². The van der Waals surface area contributed by atoms with Crippen molar-refractivity contribution in [3.05, 3.63) is 46.2 Å². The minimum atomic E-state index is -3.72. The summed E-state index contributed by atoms with van der Waals surface area (Å²) in [6.07, 6.45) is 2.88. The maximum Gasteiger partial charge on any atom is 0.246 e. The Hall–Kier alpha value is -1.12. The van der Waals surface area contributed by atoms with Gasteiger partial charge in [-0.1, -0.05) is 43.1 Å². The molecule has 0 aliphatic carbocycles. The van der Waals surface area contributed by atoms with Crippen LogP contribution < -0.4 is 0 Å². The Balaban J connectivity index is 2.42. The Bertz CT molecular complexity index is 873. The third-order valence-electron chi connectivity index (χ3n) is 4.49. The van der Waals surface area contributed by atoms with Gasteiger partial charge in [0.2, 0.25) is 10.0 Å². The molecule has 1 unspecified atom stereocenters. The topological polar surface area (TPSA) is 58.4 Å². The highest BCUT2D eigenvalue weighted by atomic mass is 35.5. The number of rotatable bonds is 8. The SMILES string of the molecule is CC(C)C(CN(Cc1ccc(Cl)c(Cl)c1)S(=O)(=O)c1cnn(C)c1)N(C)C. The molecule has 6 nitrogen and oxygen atoms in total. The number of aryl methyl sites for hydroxylation is 1. The van der Waals surface area contributed by atoms with Gasteiger partial charge in [-0.25, -0.2) is 8.42 Å². The number of benzene rings is 1. The maximum absolute atomic E-state index is 13.3. The van der Waals surface area contributed by atoms with E-state index in [0.29, 0.717) is 16.6 Å². The van der Waals surface area contributed by atoms with E-state index >= 15 is 0 Å². The van der Waals surface area contributed by atoms with Gasteiger partial charge in [0.25, 0.3) is 0 Å². The van der Waals surface area contributed by atoms with Crippen LogP contribution in [-0.4, -0.2) is 54.1 Å². The zero-order chi connectivity index (χ0) is 20.4. The van der Waals surface area contributed by atoms with Crippen molar-refractivity contribution in [2.24, 2.45) is 13.0 Å². The first-order chi connectivity index (χ1) is 12.5. The summed E-state index contributed by atoms with van der Waals surface area (Å²) in [5.41, 5.74) is 0.776. The second-order valence-corrected chi connectivity index (χ2v) is 9.92. The van der Waals surface area contributed by atoms with E-state index in [1.54, 1.807) is 25.2 Å². The molecule has 0 N–H and O–H groups in total. The maximum atomic E-state index is 13.3. The lowest BCUT2D eigenvalue weighted by Gasteiger charge is -2.33. The molecule has 150 valence electrons. The van der Waals surface area contributed by atoms with Crippen molar-refractivity contribution in [2.75, 3.05) is 20.6 Å². The number of likely N-dealkylation sites (N-methyl/N-ethyl adjacent to an activating group) is 1. The van der Waals surface area contributed by atoms with E-state index in [-0.39, 0.29) is 23.4 Å². The Kier molecular flexibility index (Phi) is 7.33. The van der Waals surface area contributed by atoms with Gasteiger partial charge in [0.1, 0.15) is 4.90 Å². The highest BCUT2D eigenvalue weighted by Crippen LogP contribution is 2.26. The number of hydrogen-bond donors (Lipinski definition) is 0. The number of hydrogen-bond acceptors (Lipinski definition) is 4. The van der Waals surface area contributed by atoms with Crippen LogP contribution >= 0.6 is 23.2 Å². The molecule has 27 heavy (non-hydrogen) atoms. The van der Waals surface area contributed by atoms with Crippen molar-refractivity contribution in [2.45, 2.75) is 31.3 Å². The molecule has 0 radical (unpaired) electrons. The molecular formula is C18H26Cl2N4O2S. The standard InChI is InChI=1S/C18H26Cl2N4O2S/c1-13(2)18(22(3)4)12-24(10-14-6-7-16(19)17(20)8-14)27(25,26)15-9-21-23(5)11-15/h6-9,11,13,18H,10,12H2,1-5H3. The van der Waals surface area contributed by atoms with Crippen LogP contribution in [0.25, 0.3) is 0 Å². The van der Waals surface area contributed by atoms with Crippen LogP contribution in [0.2, 0.25) is 10.0 Å². The summed E-state index contributed by atoms with van der Waals surface area (Å²) >= 11 is 12.1. The Morgan fingerprint density at radius 2 is 1.85 bits per heavy atom. The fourth-order valence-corrected chi connectivity index (χ4v) is 4.70. The lowest BCUT2D eigenvalue weighted by atomic mass is 10.0. The number of halogens is 2. The summed E-state index contributed by atoms with van der Waals surface area (Å²) in [4.78, 5) is 2.22. The average molecular weight is 433 g/mol. The zero-order valence-electron chi connectivity index (χ0n) is 16.2.